The molecule has 3 nitrogen and oxygen atoms in total. The van der Waals surface area contributed by atoms with Crippen LogP contribution in [0.5, 0.6) is 0 Å². The number of benzene rings is 1. The number of carbonyl (C=O) groups is 1. The van der Waals surface area contributed by atoms with Gasteiger partial charge in [0.05, 0.1) is 5.56 Å². The molecular weight excluding hydrogens is 224 g/mol. The maximum Gasteiger partial charge on any atom is 0.255 e. The largest absolute Gasteiger partial charge is 0.384 e. The van der Waals surface area contributed by atoms with Gasteiger partial charge in [0.25, 0.3) is 5.91 Å². The molecule has 1 aromatic rings. The smallest absolute Gasteiger partial charge is 0.255 e. The van der Waals surface area contributed by atoms with E-state index in [1.807, 2.05) is 0 Å². The zero-order valence-corrected chi connectivity index (χ0v) is 10.6. The van der Waals surface area contributed by atoms with Crippen LogP contribution in [-0.2, 0) is 0 Å². The number of amides is 1. The van der Waals surface area contributed by atoms with E-state index in [2.05, 4.69) is 12.2 Å². The van der Waals surface area contributed by atoms with Crippen molar-refractivity contribution in [2.24, 2.45) is 0 Å². The third-order valence-electron chi connectivity index (χ3n) is 2.18. The van der Waals surface area contributed by atoms with Gasteiger partial charge in [-0.2, -0.15) is 0 Å². The van der Waals surface area contributed by atoms with Crippen molar-refractivity contribution in [3.05, 3.63) is 28.8 Å². The predicted octanol–water partition coefficient (Wildman–Crippen LogP) is 2.86. The van der Waals surface area contributed by atoms with Crippen molar-refractivity contribution >= 4 is 23.2 Å². The average molecular weight is 241 g/mol. The highest BCUT2D eigenvalue weighted by Crippen LogP contribution is 2.22. The SMILES string of the molecule is CCCNc1cc(Cl)ccc1C(=O)N(C)C. The lowest BCUT2D eigenvalue weighted by atomic mass is 10.1. The van der Waals surface area contributed by atoms with Crippen LogP contribution in [0, 0.1) is 0 Å². The van der Waals surface area contributed by atoms with Crippen LogP contribution in [0.1, 0.15) is 23.7 Å². The average Bonchev–Trinajstić information content (AvgIpc) is 2.25. The Labute approximate surface area is 101 Å². The highest BCUT2D eigenvalue weighted by atomic mass is 35.5. The first-order chi connectivity index (χ1) is 7.56. The number of hydrogen-bond acceptors (Lipinski definition) is 2. The fraction of sp³-hybridized carbons (Fsp3) is 0.417. The second kappa shape index (κ2) is 5.75. The molecule has 1 N–H and O–H groups in total. The van der Waals surface area contributed by atoms with E-state index in [-0.39, 0.29) is 5.91 Å². The molecule has 1 aromatic carbocycles. The van der Waals surface area contributed by atoms with Crippen molar-refractivity contribution in [3.8, 4) is 0 Å². The third-order valence-corrected chi connectivity index (χ3v) is 2.42. The van der Waals surface area contributed by atoms with Crippen molar-refractivity contribution in [2.75, 3.05) is 26.0 Å². The first-order valence-corrected chi connectivity index (χ1v) is 5.69. The maximum atomic E-state index is 11.9. The van der Waals surface area contributed by atoms with Gasteiger partial charge in [0.1, 0.15) is 0 Å². The van der Waals surface area contributed by atoms with E-state index in [0.29, 0.717) is 10.6 Å². The Bertz CT molecular complexity index is 377. The summed E-state index contributed by atoms with van der Waals surface area (Å²) in [5.41, 5.74) is 1.45. The van der Waals surface area contributed by atoms with E-state index in [0.717, 1.165) is 18.7 Å². The minimum absolute atomic E-state index is 0.0183. The molecule has 1 amide bonds. The number of anilines is 1. The van der Waals surface area contributed by atoms with Gasteiger partial charge < -0.3 is 10.2 Å². The summed E-state index contributed by atoms with van der Waals surface area (Å²) >= 11 is 5.92. The number of nitrogens with zero attached hydrogens (tertiary/aromatic N) is 1. The van der Waals surface area contributed by atoms with E-state index in [1.165, 1.54) is 0 Å². The molecule has 0 aliphatic carbocycles. The molecule has 0 saturated carbocycles. The Morgan fingerprint density at radius 2 is 2.12 bits per heavy atom. The van der Waals surface area contributed by atoms with Crippen molar-refractivity contribution in [3.63, 3.8) is 0 Å². The molecule has 0 spiro atoms. The second-order valence-electron chi connectivity index (χ2n) is 3.82. The molecule has 0 fully saturated rings. The Morgan fingerprint density at radius 3 is 2.69 bits per heavy atom. The van der Waals surface area contributed by atoms with Crippen molar-refractivity contribution in [2.45, 2.75) is 13.3 Å². The summed E-state index contributed by atoms with van der Waals surface area (Å²) in [7, 11) is 3.47. The van der Waals surface area contributed by atoms with E-state index in [1.54, 1.807) is 37.2 Å². The monoisotopic (exact) mass is 240 g/mol. The Morgan fingerprint density at radius 1 is 1.44 bits per heavy atom. The van der Waals surface area contributed by atoms with Crippen LogP contribution < -0.4 is 5.32 Å². The number of halogens is 1. The number of nitrogens with one attached hydrogen (secondary N) is 1. The molecule has 1 rings (SSSR count). The molecule has 0 aliphatic heterocycles. The van der Waals surface area contributed by atoms with Gasteiger partial charge in [-0.25, -0.2) is 0 Å². The summed E-state index contributed by atoms with van der Waals surface area (Å²) in [4.78, 5) is 13.4. The van der Waals surface area contributed by atoms with Gasteiger partial charge in [-0.1, -0.05) is 18.5 Å². The van der Waals surface area contributed by atoms with Crippen LogP contribution >= 0.6 is 11.6 Å². The van der Waals surface area contributed by atoms with E-state index in [9.17, 15) is 4.79 Å². The first-order valence-electron chi connectivity index (χ1n) is 5.31. The normalized spacial score (nSPS) is 10.0. The van der Waals surface area contributed by atoms with Gasteiger partial charge >= 0.3 is 0 Å². The van der Waals surface area contributed by atoms with Crippen molar-refractivity contribution in [1.82, 2.24) is 4.90 Å². The molecule has 16 heavy (non-hydrogen) atoms. The quantitative estimate of drug-likeness (QED) is 0.878. The summed E-state index contributed by atoms with van der Waals surface area (Å²) < 4.78 is 0. The fourth-order valence-corrected chi connectivity index (χ4v) is 1.52. The first kappa shape index (κ1) is 12.8. The number of hydrogen-bond donors (Lipinski definition) is 1. The van der Waals surface area contributed by atoms with Crippen LogP contribution in [0.15, 0.2) is 18.2 Å². The summed E-state index contributed by atoms with van der Waals surface area (Å²) in [6, 6.07) is 5.27. The highest BCUT2D eigenvalue weighted by molar-refractivity contribution is 6.31. The van der Waals surface area contributed by atoms with Crippen molar-refractivity contribution < 1.29 is 4.79 Å². The van der Waals surface area contributed by atoms with Gasteiger partial charge in [-0.05, 0) is 24.6 Å². The van der Waals surface area contributed by atoms with Gasteiger partial charge in [-0.15, -0.1) is 0 Å². The Hall–Kier alpha value is -1.22. The molecule has 0 aromatic heterocycles. The van der Waals surface area contributed by atoms with Gasteiger partial charge in [0.15, 0.2) is 0 Å². The standard InChI is InChI=1S/C12H17ClN2O/c1-4-7-14-11-8-9(13)5-6-10(11)12(16)15(2)3/h5-6,8,14H,4,7H2,1-3H3. The fourth-order valence-electron chi connectivity index (χ4n) is 1.35. The molecule has 0 radical (unpaired) electrons. The van der Waals surface area contributed by atoms with Crippen LogP contribution in [0.25, 0.3) is 0 Å². The highest BCUT2D eigenvalue weighted by Gasteiger charge is 2.13. The lowest BCUT2D eigenvalue weighted by molar-refractivity contribution is 0.0828. The number of carbonyl (C=O) groups excluding carboxylic acids is 1. The minimum atomic E-state index is -0.0183. The molecule has 0 bridgehead atoms. The lowest BCUT2D eigenvalue weighted by Crippen LogP contribution is -2.23. The van der Waals surface area contributed by atoms with E-state index >= 15 is 0 Å². The molecule has 0 saturated heterocycles. The lowest BCUT2D eigenvalue weighted by Gasteiger charge is -2.15. The van der Waals surface area contributed by atoms with Crippen LogP contribution in [-0.4, -0.2) is 31.4 Å². The minimum Gasteiger partial charge on any atom is -0.384 e. The summed E-state index contributed by atoms with van der Waals surface area (Å²) in [6.07, 6.45) is 1.00. The van der Waals surface area contributed by atoms with Crippen LogP contribution in [0.2, 0.25) is 5.02 Å². The molecule has 0 atom stereocenters. The summed E-state index contributed by atoms with van der Waals surface area (Å²) in [6.45, 7) is 2.90. The van der Waals surface area contributed by atoms with Gasteiger partial charge in [-0.3, -0.25) is 4.79 Å². The molecule has 0 heterocycles. The summed E-state index contributed by atoms with van der Waals surface area (Å²) in [5, 5.41) is 3.84. The molecule has 88 valence electrons. The topological polar surface area (TPSA) is 32.3 Å². The van der Waals surface area contributed by atoms with Gasteiger partial charge in [0, 0.05) is 31.4 Å². The molecule has 0 unspecified atom stereocenters. The predicted molar refractivity (Wildman–Crippen MR) is 68.3 cm³/mol. The van der Waals surface area contributed by atoms with Crippen LogP contribution in [0.4, 0.5) is 5.69 Å². The molecule has 4 heteroatoms. The maximum absolute atomic E-state index is 11.9. The van der Waals surface area contributed by atoms with Crippen LogP contribution in [0.3, 0.4) is 0 Å². The molecular formula is C12H17ClN2O. The zero-order chi connectivity index (χ0) is 12.1. The van der Waals surface area contributed by atoms with E-state index < -0.39 is 0 Å². The van der Waals surface area contributed by atoms with Gasteiger partial charge in [0.2, 0.25) is 0 Å². The third kappa shape index (κ3) is 3.14. The Balaban J connectivity index is 3.02. The zero-order valence-electron chi connectivity index (χ0n) is 9.88. The summed E-state index contributed by atoms with van der Waals surface area (Å²) in [5.74, 6) is -0.0183. The number of rotatable bonds is 4. The molecule has 0 aliphatic rings. The Kier molecular flexibility index (Phi) is 4.62. The van der Waals surface area contributed by atoms with E-state index in [4.69, 9.17) is 11.6 Å². The van der Waals surface area contributed by atoms with Crippen molar-refractivity contribution in [1.29, 1.82) is 0 Å². The second-order valence-corrected chi connectivity index (χ2v) is 4.25.